The van der Waals surface area contributed by atoms with Crippen molar-refractivity contribution >= 4 is 5.97 Å². The van der Waals surface area contributed by atoms with Crippen LogP contribution in [0.1, 0.15) is 43.2 Å². The molecule has 164 valence electrons. The van der Waals surface area contributed by atoms with Crippen LogP contribution in [-0.2, 0) is 21.4 Å². The minimum Gasteiger partial charge on any atom is -0.479 e. The van der Waals surface area contributed by atoms with Crippen LogP contribution in [0.4, 0.5) is 0 Å². The molecule has 0 spiro atoms. The summed E-state index contributed by atoms with van der Waals surface area (Å²) in [5.74, 6) is -0.342. The molecule has 1 aromatic carbocycles. The van der Waals surface area contributed by atoms with Crippen molar-refractivity contribution in [2.24, 2.45) is 5.92 Å². The molecule has 8 heteroatoms. The average Bonchev–Trinajstić information content (AvgIpc) is 2.74. The fourth-order valence-corrected chi connectivity index (χ4v) is 6.26. The zero-order chi connectivity index (χ0) is 21.0. The van der Waals surface area contributed by atoms with E-state index in [-0.39, 0.29) is 5.41 Å². The Labute approximate surface area is 174 Å². The van der Waals surface area contributed by atoms with Crippen molar-refractivity contribution in [2.75, 3.05) is 6.54 Å². The van der Waals surface area contributed by atoms with E-state index in [1.54, 1.807) is 6.07 Å². The summed E-state index contributed by atoms with van der Waals surface area (Å²) in [5.41, 5.74) is 2.73. The number of nitrogens with one attached hydrogen (secondary N) is 1. The molecule has 1 aromatic rings. The van der Waals surface area contributed by atoms with Gasteiger partial charge in [0.25, 0.3) is 0 Å². The van der Waals surface area contributed by atoms with Crippen molar-refractivity contribution in [3.05, 3.63) is 29.3 Å². The maximum absolute atomic E-state index is 11.3. The molecule has 30 heavy (non-hydrogen) atoms. The number of rotatable bonds is 3. The number of aliphatic hydroxyl groups is 3. The maximum Gasteiger partial charge on any atom is 0.335 e. The molecule has 0 radical (unpaired) electrons. The molecule has 8 atom stereocenters. The number of hydrogen-bond donors (Lipinski definition) is 5. The van der Waals surface area contributed by atoms with E-state index in [1.165, 1.54) is 30.4 Å². The zero-order valence-electron chi connectivity index (χ0n) is 16.7. The molecular weight excluding hydrogens is 390 g/mol. The fraction of sp³-hybridized carbons (Fsp3) is 0.682. The Morgan fingerprint density at radius 1 is 1.13 bits per heavy atom. The first-order valence-corrected chi connectivity index (χ1v) is 10.9. The van der Waals surface area contributed by atoms with Gasteiger partial charge in [-0.25, -0.2) is 4.79 Å². The lowest BCUT2D eigenvalue weighted by Gasteiger charge is -2.56. The van der Waals surface area contributed by atoms with Crippen molar-refractivity contribution in [3.63, 3.8) is 0 Å². The van der Waals surface area contributed by atoms with Crippen molar-refractivity contribution in [2.45, 2.75) is 80.7 Å². The van der Waals surface area contributed by atoms with Crippen molar-refractivity contribution in [1.29, 1.82) is 0 Å². The van der Waals surface area contributed by atoms with Crippen LogP contribution < -0.4 is 10.1 Å². The third kappa shape index (κ3) is 3.05. The lowest BCUT2D eigenvalue weighted by Crippen LogP contribution is -2.61. The highest BCUT2D eigenvalue weighted by atomic mass is 16.7. The third-order valence-corrected chi connectivity index (χ3v) is 7.68. The molecule has 2 saturated heterocycles. The van der Waals surface area contributed by atoms with Gasteiger partial charge >= 0.3 is 5.97 Å². The Bertz CT molecular complexity index is 828. The summed E-state index contributed by atoms with van der Waals surface area (Å²) in [6.45, 7) is 1.00. The summed E-state index contributed by atoms with van der Waals surface area (Å²) in [4.78, 5) is 11.3. The molecule has 2 aliphatic heterocycles. The van der Waals surface area contributed by atoms with E-state index < -0.39 is 36.7 Å². The van der Waals surface area contributed by atoms with Gasteiger partial charge < -0.3 is 35.2 Å². The average molecular weight is 419 g/mol. The van der Waals surface area contributed by atoms with Gasteiger partial charge in [0.2, 0.25) is 6.29 Å². The summed E-state index contributed by atoms with van der Waals surface area (Å²) in [6, 6.07) is 6.37. The maximum atomic E-state index is 11.3. The van der Waals surface area contributed by atoms with Crippen LogP contribution in [0.15, 0.2) is 18.2 Å². The number of fused-ring (bicyclic) bond motifs is 1. The fourth-order valence-electron chi connectivity index (χ4n) is 6.26. The number of ether oxygens (including phenoxy) is 2. The summed E-state index contributed by atoms with van der Waals surface area (Å²) >= 11 is 0. The first-order chi connectivity index (χ1) is 14.4. The number of aliphatic carboxylic acids is 1. The second-order valence-electron chi connectivity index (χ2n) is 9.20. The second-order valence-corrected chi connectivity index (χ2v) is 9.20. The Morgan fingerprint density at radius 3 is 2.77 bits per heavy atom. The molecule has 5 rings (SSSR count). The van der Waals surface area contributed by atoms with Crippen LogP contribution in [0.3, 0.4) is 0 Å². The number of carboxylic acids is 1. The van der Waals surface area contributed by atoms with Gasteiger partial charge in [0, 0.05) is 11.5 Å². The van der Waals surface area contributed by atoms with E-state index >= 15 is 0 Å². The highest BCUT2D eigenvalue weighted by Crippen LogP contribution is 2.54. The molecule has 2 bridgehead atoms. The molecule has 8 nitrogen and oxygen atoms in total. The number of benzene rings is 1. The molecule has 1 unspecified atom stereocenters. The van der Waals surface area contributed by atoms with Gasteiger partial charge in [-0.15, -0.1) is 0 Å². The number of carbonyl (C=O) groups is 1. The van der Waals surface area contributed by atoms with E-state index in [0.717, 1.165) is 25.8 Å². The molecule has 3 fully saturated rings. The van der Waals surface area contributed by atoms with E-state index in [9.17, 15) is 25.2 Å². The predicted molar refractivity (Wildman–Crippen MR) is 105 cm³/mol. The van der Waals surface area contributed by atoms with Crippen LogP contribution in [0.2, 0.25) is 0 Å². The lowest BCUT2D eigenvalue weighted by molar-refractivity contribution is -0.271. The molecule has 4 aliphatic rings. The molecule has 2 heterocycles. The van der Waals surface area contributed by atoms with E-state index in [1.807, 2.05) is 12.1 Å². The van der Waals surface area contributed by atoms with Crippen LogP contribution >= 0.6 is 0 Å². The minimum atomic E-state index is -1.73. The van der Waals surface area contributed by atoms with E-state index in [0.29, 0.717) is 17.7 Å². The van der Waals surface area contributed by atoms with Gasteiger partial charge in [-0.3, -0.25) is 0 Å². The molecule has 2 aliphatic carbocycles. The van der Waals surface area contributed by atoms with E-state index in [4.69, 9.17) is 9.47 Å². The Kier molecular flexibility index (Phi) is 5.02. The molecule has 0 aromatic heterocycles. The highest BCUT2D eigenvalue weighted by molar-refractivity contribution is 5.73. The van der Waals surface area contributed by atoms with Crippen LogP contribution in [0.25, 0.3) is 0 Å². The van der Waals surface area contributed by atoms with Crippen molar-refractivity contribution in [3.8, 4) is 5.75 Å². The molecule has 5 N–H and O–H groups in total. The summed E-state index contributed by atoms with van der Waals surface area (Å²) < 4.78 is 11.1. The summed E-state index contributed by atoms with van der Waals surface area (Å²) in [6.07, 6.45) is -1.10. The smallest absolute Gasteiger partial charge is 0.335 e. The largest absolute Gasteiger partial charge is 0.479 e. The monoisotopic (exact) mass is 419 g/mol. The number of carboxylic acid groups (broad SMARTS) is 1. The highest BCUT2D eigenvalue weighted by Gasteiger charge is 2.52. The first kappa shape index (κ1) is 20.2. The quantitative estimate of drug-likeness (QED) is 0.473. The Balaban J connectivity index is 1.44. The van der Waals surface area contributed by atoms with E-state index in [2.05, 4.69) is 5.32 Å². The second kappa shape index (κ2) is 7.46. The van der Waals surface area contributed by atoms with Crippen molar-refractivity contribution < 1.29 is 34.7 Å². The predicted octanol–water partition coefficient (Wildman–Crippen LogP) is 0.304. The Hall–Kier alpha value is -1.71. The van der Waals surface area contributed by atoms with Crippen molar-refractivity contribution in [1.82, 2.24) is 5.32 Å². The molecule has 1 saturated carbocycles. The number of hydrogen-bond acceptors (Lipinski definition) is 7. The SMILES string of the molecule is O=C(O)[C@H]1OC(Oc2ccc3c(c2)[C@]24CCCC[C@@H]2[C@H](C3)NCC4)[C@H](O)[C@@H](O)[C@@H]1O. The molecular formula is C22H29NO7. The van der Waals surface area contributed by atoms with Crippen LogP contribution in [0, 0.1) is 5.92 Å². The third-order valence-electron chi connectivity index (χ3n) is 7.68. The summed E-state index contributed by atoms with van der Waals surface area (Å²) in [5, 5.41) is 43.1. The minimum absolute atomic E-state index is 0.131. The van der Waals surface area contributed by atoms with Crippen LogP contribution in [-0.4, -0.2) is 69.7 Å². The zero-order valence-corrected chi connectivity index (χ0v) is 16.7. The lowest BCUT2D eigenvalue weighted by atomic mass is 9.53. The normalized spacial score (nSPS) is 42.7. The molecule has 0 amide bonds. The van der Waals surface area contributed by atoms with Gasteiger partial charge in [-0.05, 0) is 61.4 Å². The van der Waals surface area contributed by atoms with Gasteiger partial charge in [-0.2, -0.15) is 0 Å². The number of piperidine rings is 1. The topological polar surface area (TPSA) is 128 Å². The number of aliphatic hydroxyl groups excluding tert-OH is 3. The van der Waals surface area contributed by atoms with Gasteiger partial charge in [0.15, 0.2) is 6.10 Å². The van der Waals surface area contributed by atoms with Gasteiger partial charge in [-0.1, -0.05) is 18.9 Å². The van der Waals surface area contributed by atoms with Crippen LogP contribution in [0.5, 0.6) is 5.75 Å². The summed E-state index contributed by atoms with van der Waals surface area (Å²) in [7, 11) is 0. The first-order valence-electron chi connectivity index (χ1n) is 10.9. The Morgan fingerprint density at radius 2 is 1.97 bits per heavy atom. The van der Waals surface area contributed by atoms with Gasteiger partial charge in [0.1, 0.15) is 24.1 Å². The standard InChI is InChI=1S/C22H29NO7/c24-16-17(25)19(20(27)28)30-21(18(16)26)29-12-5-4-11-9-15-13-3-1-2-6-22(13,7-8-23-15)14(11)10-12/h4-5,10,13,15-19,21,23-26H,1-3,6-9H2,(H,27,28)/t13-,15+,16+,17+,18-,19+,21?,22+/m1/s1. The van der Waals surface area contributed by atoms with Gasteiger partial charge in [0.05, 0.1) is 0 Å².